The first-order chi connectivity index (χ1) is 9.85. The summed E-state index contributed by atoms with van der Waals surface area (Å²) in [7, 11) is -4.20. The highest BCUT2D eigenvalue weighted by Crippen LogP contribution is 2.35. The first-order valence-electron chi connectivity index (χ1n) is 6.41. The minimum absolute atomic E-state index is 0.0409. The fourth-order valence-electron chi connectivity index (χ4n) is 2.63. The van der Waals surface area contributed by atoms with Crippen LogP contribution in [0, 0.1) is 6.92 Å². The van der Waals surface area contributed by atoms with Crippen molar-refractivity contribution in [3.63, 3.8) is 0 Å². The van der Waals surface area contributed by atoms with Crippen molar-refractivity contribution >= 4 is 16.1 Å². The molecule has 8 nitrogen and oxygen atoms in total. The summed E-state index contributed by atoms with van der Waals surface area (Å²) in [5.41, 5.74) is 8.54. The topological polar surface area (TPSA) is 132 Å². The lowest BCUT2D eigenvalue weighted by Gasteiger charge is -2.11. The van der Waals surface area contributed by atoms with Crippen LogP contribution in [0.1, 0.15) is 29.1 Å². The first-order valence-corrected chi connectivity index (χ1v) is 8.02. The van der Waals surface area contributed by atoms with Crippen molar-refractivity contribution in [2.24, 2.45) is 0 Å². The number of fused-ring (bicyclic) bond motifs is 3. The number of hydrogen-bond donors (Lipinski definition) is 2. The van der Waals surface area contributed by atoms with E-state index in [9.17, 15) is 8.42 Å². The van der Waals surface area contributed by atoms with Gasteiger partial charge in [0.2, 0.25) is 5.95 Å². The molecule has 3 rings (SSSR count). The Morgan fingerprint density at radius 2 is 2.10 bits per heavy atom. The molecule has 0 unspecified atom stereocenters. The maximum absolute atomic E-state index is 11.2. The Hall–Kier alpha value is -2.00. The zero-order valence-corrected chi connectivity index (χ0v) is 12.1. The molecule has 9 heteroatoms. The van der Waals surface area contributed by atoms with Crippen molar-refractivity contribution in [1.82, 2.24) is 15.1 Å². The highest BCUT2D eigenvalue weighted by molar-refractivity contribution is 7.85. The predicted molar refractivity (Wildman–Crippen MR) is 74.0 cm³/mol. The Labute approximate surface area is 121 Å². The smallest absolute Gasteiger partial charge is 0.270 e. The molecular weight excluding hydrogens is 296 g/mol. The summed E-state index contributed by atoms with van der Waals surface area (Å²) < 4.78 is 36.7. The van der Waals surface area contributed by atoms with E-state index >= 15 is 0 Å². The number of nitrogen functional groups attached to an aromatic ring is 1. The second-order valence-electron chi connectivity index (χ2n) is 5.00. The summed E-state index contributed by atoms with van der Waals surface area (Å²) in [6.45, 7) is 1.79. The lowest BCUT2D eigenvalue weighted by molar-refractivity contribution is 0.378. The highest BCUT2D eigenvalue weighted by atomic mass is 32.2. The third kappa shape index (κ3) is 2.61. The molecule has 0 radical (unpaired) electrons. The van der Waals surface area contributed by atoms with E-state index in [4.69, 9.17) is 14.8 Å². The van der Waals surface area contributed by atoms with Crippen LogP contribution in [0.15, 0.2) is 4.52 Å². The summed E-state index contributed by atoms with van der Waals surface area (Å²) in [6, 6.07) is 0. The van der Waals surface area contributed by atoms with Gasteiger partial charge in [-0.05, 0) is 19.8 Å². The molecule has 3 N–H and O–H groups in total. The fraction of sp³-hybridized carbons (Fsp3) is 0.417. The van der Waals surface area contributed by atoms with Crippen LogP contribution in [0.3, 0.4) is 0 Å². The Bertz CT molecular complexity index is 813. The largest absolute Gasteiger partial charge is 0.368 e. The molecule has 0 bridgehead atoms. The van der Waals surface area contributed by atoms with Crippen molar-refractivity contribution in [3.05, 3.63) is 22.7 Å². The summed E-state index contributed by atoms with van der Waals surface area (Å²) in [4.78, 5) is 8.21. The van der Waals surface area contributed by atoms with Gasteiger partial charge in [0, 0.05) is 12.0 Å². The number of aryl methyl sites for hydroxylation is 2. The molecule has 0 amide bonds. The Kier molecular flexibility index (Phi) is 3.18. The fourth-order valence-corrected chi connectivity index (χ4v) is 3.21. The standard InChI is InChI=1S/C12H14N4O4S/c1-6-10-9(20-16-6)4-2-3-7-8(5-21(17,18)19)14-12(13)15-11(7)10/h2-5H2,1H3,(H2,13,14,15)(H,17,18,19). The molecule has 1 aliphatic carbocycles. The molecular formula is C12H14N4O4S. The molecule has 0 atom stereocenters. The summed E-state index contributed by atoms with van der Waals surface area (Å²) in [5.74, 6) is 0.0878. The number of rotatable bonds is 2. The van der Waals surface area contributed by atoms with Crippen LogP contribution >= 0.6 is 0 Å². The Morgan fingerprint density at radius 1 is 1.33 bits per heavy atom. The average molecular weight is 310 g/mol. The van der Waals surface area contributed by atoms with Crippen LogP contribution in [-0.4, -0.2) is 28.1 Å². The molecule has 2 aromatic heterocycles. The van der Waals surface area contributed by atoms with E-state index in [0.717, 1.165) is 12.0 Å². The molecule has 0 fully saturated rings. The van der Waals surface area contributed by atoms with Gasteiger partial charge in [-0.25, -0.2) is 9.97 Å². The van der Waals surface area contributed by atoms with Crippen molar-refractivity contribution in [3.8, 4) is 11.3 Å². The van der Waals surface area contributed by atoms with Gasteiger partial charge in [0.1, 0.15) is 11.5 Å². The molecule has 0 saturated carbocycles. The molecule has 0 spiro atoms. The first kappa shape index (κ1) is 14.0. The lowest BCUT2D eigenvalue weighted by Crippen LogP contribution is -2.11. The van der Waals surface area contributed by atoms with Gasteiger partial charge in [-0.15, -0.1) is 0 Å². The summed E-state index contributed by atoms with van der Waals surface area (Å²) >= 11 is 0. The SMILES string of the molecule is Cc1noc2c1-c1nc(N)nc(CS(=O)(=O)O)c1CCC2. The van der Waals surface area contributed by atoms with Crippen molar-refractivity contribution < 1.29 is 17.5 Å². The molecule has 0 saturated heterocycles. The zero-order valence-electron chi connectivity index (χ0n) is 11.3. The van der Waals surface area contributed by atoms with Gasteiger partial charge in [0.25, 0.3) is 10.1 Å². The second kappa shape index (κ2) is 4.78. The number of aromatic nitrogens is 3. The highest BCUT2D eigenvalue weighted by Gasteiger charge is 2.26. The van der Waals surface area contributed by atoms with E-state index in [-0.39, 0.29) is 11.6 Å². The van der Waals surface area contributed by atoms with Crippen LogP contribution < -0.4 is 5.73 Å². The molecule has 2 aromatic rings. The van der Waals surface area contributed by atoms with Crippen molar-refractivity contribution in [1.29, 1.82) is 0 Å². The number of nitrogens with zero attached hydrogens (tertiary/aromatic N) is 3. The van der Waals surface area contributed by atoms with E-state index in [2.05, 4.69) is 15.1 Å². The zero-order chi connectivity index (χ0) is 15.2. The van der Waals surface area contributed by atoms with Crippen LogP contribution in [0.25, 0.3) is 11.3 Å². The summed E-state index contributed by atoms with van der Waals surface area (Å²) in [5, 5.41) is 3.93. The molecule has 0 aromatic carbocycles. The monoisotopic (exact) mass is 310 g/mol. The van der Waals surface area contributed by atoms with E-state index < -0.39 is 15.9 Å². The summed E-state index contributed by atoms with van der Waals surface area (Å²) in [6.07, 6.45) is 2.02. The second-order valence-corrected chi connectivity index (χ2v) is 6.45. The van der Waals surface area contributed by atoms with E-state index in [1.54, 1.807) is 6.92 Å². The van der Waals surface area contributed by atoms with Crippen LogP contribution in [-0.2, 0) is 28.7 Å². The van der Waals surface area contributed by atoms with Gasteiger partial charge in [0.15, 0.2) is 0 Å². The van der Waals surface area contributed by atoms with Gasteiger partial charge in [-0.3, -0.25) is 4.55 Å². The van der Waals surface area contributed by atoms with Crippen molar-refractivity contribution in [2.75, 3.05) is 5.73 Å². The number of hydrogen-bond acceptors (Lipinski definition) is 7. The van der Waals surface area contributed by atoms with Crippen LogP contribution in [0.4, 0.5) is 5.95 Å². The molecule has 2 heterocycles. The minimum atomic E-state index is -4.20. The third-order valence-corrected chi connectivity index (χ3v) is 4.07. The normalized spacial score (nSPS) is 14.4. The quantitative estimate of drug-likeness (QED) is 0.782. The number of anilines is 1. The minimum Gasteiger partial charge on any atom is -0.368 e. The predicted octanol–water partition coefficient (Wildman–Crippen LogP) is 0.899. The average Bonchev–Trinajstić information content (AvgIpc) is 2.61. The van der Waals surface area contributed by atoms with Crippen LogP contribution in [0.5, 0.6) is 0 Å². The Balaban J connectivity index is 2.26. The Morgan fingerprint density at radius 3 is 2.81 bits per heavy atom. The van der Waals surface area contributed by atoms with Gasteiger partial charge in [-0.1, -0.05) is 5.16 Å². The van der Waals surface area contributed by atoms with E-state index in [1.165, 1.54) is 0 Å². The van der Waals surface area contributed by atoms with Gasteiger partial charge < -0.3 is 10.3 Å². The molecule has 21 heavy (non-hydrogen) atoms. The van der Waals surface area contributed by atoms with Gasteiger partial charge in [0.05, 0.1) is 22.6 Å². The molecule has 112 valence electrons. The van der Waals surface area contributed by atoms with E-state index in [1.807, 2.05) is 0 Å². The third-order valence-electron chi connectivity index (χ3n) is 3.43. The van der Waals surface area contributed by atoms with Crippen molar-refractivity contribution in [2.45, 2.75) is 31.9 Å². The molecule has 1 aliphatic rings. The van der Waals surface area contributed by atoms with Crippen LogP contribution in [0.2, 0.25) is 0 Å². The van der Waals surface area contributed by atoms with Gasteiger partial charge >= 0.3 is 0 Å². The maximum Gasteiger partial charge on any atom is 0.270 e. The lowest BCUT2D eigenvalue weighted by atomic mass is 10.0. The molecule has 0 aliphatic heterocycles. The van der Waals surface area contributed by atoms with E-state index in [0.29, 0.717) is 35.6 Å². The number of nitrogens with two attached hydrogens (primary N) is 1. The van der Waals surface area contributed by atoms with Gasteiger partial charge in [-0.2, -0.15) is 8.42 Å². The maximum atomic E-state index is 11.2.